The predicted molar refractivity (Wildman–Crippen MR) is 81.4 cm³/mol. The molecule has 0 heterocycles. The Hall–Kier alpha value is -2.40. The van der Waals surface area contributed by atoms with Crippen LogP contribution in [0.15, 0.2) is 42.5 Å². The largest absolute Gasteiger partial charge is 0.380 e. The summed E-state index contributed by atoms with van der Waals surface area (Å²) in [7, 11) is 0. The number of hydrogen-bond donors (Lipinski definition) is 3. The molecule has 5 N–H and O–H groups in total. The van der Waals surface area contributed by atoms with Crippen LogP contribution in [0.2, 0.25) is 0 Å². The van der Waals surface area contributed by atoms with E-state index in [0.717, 1.165) is 12.0 Å². The van der Waals surface area contributed by atoms with E-state index in [4.69, 9.17) is 11.5 Å². The summed E-state index contributed by atoms with van der Waals surface area (Å²) in [4.78, 5) is 11.3. The second-order valence-electron chi connectivity index (χ2n) is 4.74. The first-order chi connectivity index (χ1) is 10.1. The van der Waals surface area contributed by atoms with E-state index in [0.29, 0.717) is 18.8 Å². The molecule has 0 saturated carbocycles. The summed E-state index contributed by atoms with van der Waals surface area (Å²) in [6.07, 6.45) is 0.837. The van der Waals surface area contributed by atoms with Crippen LogP contribution >= 0.6 is 0 Å². The predicted octanol–water partition coefficient (Wildman–Crippen LogP) is 2.04. The standard InChI is InChI=1S/C16H18FN3O/c17-13-2-1-3-14(15(13)16(19)21)20-10-12-6-4-11(5-7-12)8-9-18/h1-7,20H,8-10,18H2,(H2,19,21). The van der Waals surface area contributed by atoms with E-state index in [2.05, 4.69) is 5.32 Å². The lowest BCUT2D eigenvalue weighted by molar-refractivity contribution is 0.0997. The number of carbonyl (C=O) groups is 1. The van der Waals surface area contributed by atoms with Gasteiger partial charge in [0, 0.05) is 6.54 Å². The van der Waals surface area contributed by atoms with Gasteiger partial charge in [0.1, 0.15) is 5.82 Å². The summed E-state index contributed by atoms with van der Waals surface area (Å²) < 4.78 is 13.6. The Balaban J connectivity index is 2.09. The number of carbonyl (C=O) groups excluding carboxylic acids is 1. The SMILES string of the molecule is NCCc1ccc(CNc2cccc(F)c2C(N)=O)cc1. The van der Waals surface area contributed by atoms with Crippen LogP contribution in [0.4, 0.5) is 10.1 Å². The third-order valence-electron chi connectivity index (χ3n) is 3.20. The number of nitrogens with two attached hydrogens (primary N) is 2. The number of amides is 1. The van der Waals surface area contributed by atoms with Gasteiger partial charge in [-0.3, -0.25) is 4.79 Å². The van der Waals surface area contributed by atoms with Crippen molar-refractivity contribution in [3.8, 4) is 0 Å². The van der Waals surface area contributed by atoms with Crippen LogP contribution in [-0.2, 0) is 13.0 Å². The minimum absolute atomic E-state index is 0.114. The molecule has 0 aliphatic rings. The van der Waals surface area contributed by atoms with Crippen molar-refractivity contribution in [3.63, 3.8) is 0 Å². The molecule has 2 aromatic carbocycles. The molecule has 4 nitrogen and oxygen atoms in total. The van der Waals surface area contributed by atoms with Gasteiger partial charge in [0.15, 0.2) is 0 Å². The number of hydrogen-bond acceptors (Lipinski definition) is 3. The fraction of sp³-hybridized carbons (Fsp3) is 0.188. The normalized spacial score (nSPS) is 10.4. The highest BCUT2D eigenvalue weighted by molar-refractivity contribution is 5.98. The fourth-order valence-corrected chi connectivity index (χ4v) is 2.11. The van der Waals surface area contributed by atoms with E-state index >= 15 is 0 Å². The number of nitrogens with one attached hydrogen (secondary N) is 1. The number of anilines is 1. The van der Waals surface area contributed by atoms with Crippen molar-refractivity contribution in [2.75, 3.05) is 11.9 Å². The van der Waals surface area contributed by atoms with E-state index in [1.165, 1.54) is 17.7 Å². The Morgan fingerprint density at radius 1 is 1.10 bits per heavy atom. The summed E-state index contributed by atoms with van der Waals surface area (Å²) in [5.74, 6) is -1.40. The Kier molecular flexibility index (Phi) is 4.90. The van der Waals surface area contributed by atoms with Crippen LogP contribution in [0.5, 0.6) is 0 Å². The number of halogens is 1. The summed E-state index contributed by atoms with van der Waals surface area (Å²) >= 11 is 0. The highest BCUT2D eigenvalue weighted by atomic mass is 19.1. The van der Waals surface area contributed by atoms with Crippen LogP contribution in [0.3, 0.4) is 0 Å². The van der Waals surface area contributed by atoms with Gasteiger partial charge in [-0.1, -0.05) is 30.3 Å². The highest BCUT2D eigenvalue weighted by Crippen LogP contribution is 2.19. The number of benzene rings is 2. The van der Waals surface area contributed by atoms with Crippen LogP contribution in [0.25, 0.3) is 0 Å². The molecule has 2 rings (SSSR count). The summed E-state index contributed by atoms with van der Waals surface area (Å²) in [5, 5.41) is 3.04. The molecule has 0 unspecified atom stereocenters. The monoisotopic (exact) mass is 287 g/mol. The highest BCUT2D eigenvalue weighted by Gasteiger charge is 2.13. The van der Waals surface area contributed by atoms with E-state index < -0.39 is 11.7 Å². The summed E-state index contributed by atoms with van der Waals surface area (Å²) in [6.45, 7) is 1.09. The molecule has 0 aliphatic heterocycles. The van der Waals surface area contributed by atoms with E-state index in [9.17, 15) is 9.18 Å². The molecule has 0 bridgehead atoms. The zero-order valence-electron chi connectivity index (χ0n) is 11.6. The smallest absolute Gasteiger partial charge is 0.253 e. The van der Waals surface area contributed by atoms with Gasteiger partial charge in [-0.05, 0) is 36.2 Å². The molecule has 5 heteroatoms. The van der Waals surface area contributed by atoms with Gasteiger partial charge in [-0.25, -0.2) is 4.39 Å². The Bertz CT molecular complexity index is 626. The van der Waals surface area contributed by atoms with Gasteiger partial charge in [0.2, 0.25) is 0 Å². The van der Waals surface area contributed by atoms with Gasteiger partial charge in [0.25, 0.3) is 5.91 Å². The van der Waals surface area contributed by atoms with Crippen molar-refractivity contribution in [3.05, 3.63) is 65.0 Å². The maximum Gasteiger partial charge on any atom is 0.253 e. The molecule has 0 aromatic heterocycles. The van der Waals surface area contributed by atoms with Crippen LogP contribution in [-0.4, -0.2) is 12.5 Å². The molecule has 0 saturated heterocycles. The van der Waals surface area contributed by atoms with Gasteiger partial charge >= 0.3 is 0 Å². The first kappa shape index (κ1) is 15.0. The molecule has 0 radical (unpaired) electrons. The fourth-order valence-electron chi connectivity index (χ4n) is 2.11. The van der Waals surface area contributed by atoms with Crippen LogP contribution in [0, 0.1) is 5.82 Å². The maximum atomic E-state index is 13.6. The molecule has 21 heavy (non-hydrogen) atoms. The molecule has 2 aromatic rings. The molecule has 1 amide bonds. The number of primary amides is 1. The third kappa shape index (κ3) is 3.79. The van der Waals surface area contributed by atoms with Crippen molar-refractivity contribution in [1.29, 1.82) is 0 Å². The second-order valence-corrected chi connectivity index (χ2v) is 4.74. The minimum Gasteiger partial charge on any atom is -0.380 e. The van der Waals surface area contributed by atoms with E-state index in [1.54, 1.807) is 6.07 Å². The summed E-state index contributed by atoms with van der Waals surface area (Å²) in [5.41, 5.74) is 13.2. The van der Waals surface area contributed by atoms with Crippen molar-refractivity contribution in [2.45, 2.75) is 13.0 Å². The van der Waals surface area contributed by atoms with Crippen LogP contribution < -0.4 is 16.8 Å². The molecule has 0 atom stereocenters. The summed E-state index contributed by atoms with van der Waals surface area (Å²) in [6, 6.07) is 12.3. The molecule has 110 valence electrons. The van der Waals surface area contributed by atoms with Gasteiger partial charge in [-0.15, -0.1) is 0 Å². The lowest BCUT2D eigenvalue weighted by atomic mass is 10.1. The Labute approximate surface area is 123 Å². The first-order valence-electron chi connectivity index (χ1n) is 6.72. The quantitative estimate of drug-likeness (QED) is 0.760. The lowest BCUT2D eigenvalue weighted by Crippen LogP contribution is -2.16. The van der Waals surface area contributed by atoms with Crippen molar-refractivity contribution in [1.82, 2.24) is 0 Å². The van der Waals surface area contributed by atoms with Gasteiger partial charge in [-0.2, -0.15) is 0 Å². The lowest BCUT2D eigenvalue weighted by Gasteiger charge is -2.11. The van der Waals surface area contributed by atoms with E-state index in [-0.39, 0.29) is 5.56 Å². The van der Waals surface area contributed by atoms with Crippen molar-refractivity contribution < 1.29 is 9.18 Å². The Morgan fingerprint density at radius 3 is 2.38 bits per heavy atom. The Morgan fingerprint density at radius 2 is 1.76 bits per heavy atom. The average Bonchev–Trinajstić information content (AvgIpc) is 2.46. The molecular weight excluding hydrogens is 269 g/mol. The van der Waals surface area contributed by atoms with E-state index in [1.807, 2.05) is 24.3 Å². The van der Waals surface area contributed by atoms with Gasteiger partial charge in [0.05, 0.1) is 11.3 Å². The molecule has 0 spiro atoms. The van der Waals surface area contributed by atoms with Crippen molar-refractivity contribution in [2.24, 2.45) is 11.5 Å². The molecular formula is C16H18FN3O. The minimum atomic E-state index is -0.783. The molecule has 0 fully saturated rings. The third-order valence-corrected chi connectivity index (χ3v) is 3.20. The zero-order chi connectivity index (χ0) is 15.2. The average molecular weight is 287 g/mol. The van der Waals surface area contributed by atoms with Gasteiger partial charge < -0.3 is 16.8 Å². The second kappa shape index (κ2) is 6.85. The topological polar surface area (TPSA) is 81.1 Å². The van der Waals surface area contributed by atoms with Crippen LogP contribution in [0.1, 0.15) is 21.5 Å². The van der Waals surface area contributed by atoms with Crippen molar-refractivity contribution >= 4 is 11.6 Å². The maximum absolute atomic E-state index is 13.6. The molecule has 0 aliphatic carbocycles. The first-order valence-corrected chi connectivity index (χ1v) is 6.72. The zero-order valence-corrected chi connectivity index (χ0v) is 11.6. The number of rotatable bonds is 6.